The van der Waals surface area contributed by atoms with Crippen molar-refractivity contribution >= 4 is 23.1 Å². The molecule has 7 nitrogen and oxygen atoms in total. The fraction of sp³-hybridized carbons (Fsp3) is 0.312. The smallest absolute Gasteiger partial charge is 0.215 e. The Kier molecular flexibility index (Phi) is 4.38. The highest BCUT2D eigenvalue weighted by Gasteiger charge is 2.17. The SMILES string of the molecule is Nc1cnc(N)c(C(=O)c2cccc(N3CCCNCC3)n2)c1. The van der Waals surface area contributed by atoms with Gasteiger partial charge in [0.15, 0.2) is 0 Å². The van der Waals surface area contributed by atoms with Gasteiger partial charge in [0.25, 0.3) is 0 Å². The first kappa shape index (κ1) is 15.2. The van der Waals surface area contributed by atoms with Crippen LogP contribution in [0.3, 0.4) is 0 Å². The molecule has 2 aromatic heterocycles. The number of anilines is 3. The van der Waals surface area contributed by atoms with Crippen molar-refractivity contribution in [3.05, 3.63) is 41.7 Å². The third-order valence-electron chi connectivity index (χ3n) is 3.82. The molecule has 2 aromatic rings. The van der Waals surface area contributed by atoms with Gasteiger partial charge in [-0.1, -0.05) is 6.07 Å². The number of hydrogen-bond donors (Lipinski definition) is 3. The zero-order valence-corrected chi connectivity index (χ0v) is 12.8. The fourth-order valence-electron chi connectivity index (χ4n) is 2.61. The Balaban J connectivity index is 1.89. The first-order valence-electron chi connectivity index (χ1n) is 7.63. The Morgan fingerprint density at radius 1 is 1.22 bits per heavy atom. The van der Waals surface area contributed by atoms with Crippen LogP contribution in [0.1, 0.15) is 22.5 Å². The monoisotopic (exact) mass is 312 g/mol. The van der Waals surface area contributed by atoms with Crippen LogP contribution in [0.2, 0.25) is 0 Å². The van der Waals surface area contributed by atoms with Gasteiger partial charge in [0.05, 0.1) is 17.4 Å². The second-order valence-electron chi connectivity index (χ2n) is 5.50. The van der Waals surface area contributed by atoms with E-state index in [0.717, 1.165) is 38.4 Å². The van der Waals surface area contributed by atoms with Gasteiger partial charge in [0, 0.05) is 19.6 Å². The van der Waals surface area contributed by atoms with E-state index in [9.17, 15) is 4.79 Å². The average molecular weight is 312 g/mol. The first-order valence-corrected chi connectivity index (χ1v) is 7.63. The first-order chi connectivity index (χ1) is 11.1. The Labute approximate surface area is 134 Å². The van der Waals surface area contributed by atoms with Gasteiger partial charge in [-0.15, -0.1) is 0 Å². The van der Waals surface area contributed by atoms with Gasteiger partial charge in [-0.05, 0) is 31.2 Å². The molecule has 0 atom stereocenters. The summed E-state index contributed by atoms with van der Waals surface area (Å²) in [6.07, 6.45) is 2.48. The van der Waals surface area contributed by atoms with Gasteiger partial charge in [-0.3, -0.25) is 4.79 Å². The summed E-state index contributed by atoms with van der Waals surface area (Å²) in [7, 11) is 0. The molecule has 1 aliphatic rings. The van der Waals surface area contributed by atoms with Crippen LogP contribution in [0.25, 0.3) is 0 Å². The predicted molar refractivity (Wildman–Crippen MR) is 90.4 cm³/mol. The minimum absolute atomic E-state index is 0.162. The number of pyridine rings is 2. The van der Waals surface area contributed by atoms with E-state index in [-0.39, 0.29) is 17.2 Å². The minimum atomic E-state index is -0.267. The lowest BCUT2D eigenvalue weighted by atomic mass is 10.1. The van der Waals surface area contributed by atoms with Gasteiger partial charge in [-0.25, -0.2) is 9.97 Å². The lowest BCUT2D eigenvalue weighted by Gasteiger charge is -2.21. The third-order valence-corrected chi connectivity index (χ3v) is 3.82. The number of carbonyl (C=O) groups is 1. The molecule has 5 N–H and O–H groups in total. The minimum Gasteiger partial charge on any atom is -0.397 e. The largest absolute Gasteiger partial charge is 0.397 e. The molecule has 0 bridgehead atoms. The number of nitrogen functional groups attached to an aromatic ring is 2. The van der Waals surface area contributed by atoms with Crippen molar-refractivity contribution in [2.24, 2.45) is 0 Å². The van der Waals surface area contributed by atoms with Gasteiger partial charge in [0.1, 0.15) is 17.3 Å². The summed E-state index contributed by atoms with van der Waals surface area (Å²) in [4.78, 5) is 23.3. The van der Waals surface area contributed by atoms with Crippen molar-refractivity contribution in [1.82, 2.24) is 15.3 Å². The molecular formula is C16H20N6O. The molecule has 0 radical (unpaired) electrons. The Bertz CT molecular complexity index is 709. The summed E-state index contributed by atoms with van der Waals surface area (Å²) >= 11 is 0. The Morgan fingerprint density at radius 3 is 2.96 bits per heavy atom. The van der Waals surface area contributed by atoms with Crippen LogP contribution in [0, 0.1) is 0 Å². The molecule has 3 heterocycles. The molecular weight excluding hydrogens is 292 g/mol. The summed E-state index contributed by atoms with van der Waals surface area (Å²) in [5, 5.41) is 3.35. The highest BCUT2D eigenvalue weighted by molar-refractivity contribution is 6.11. The molecule has 3 rings (SSSR count). The van der Waals surface area contributed by atoms with E-state index >= 15 is 0 Å². The molecule has 120 valence electrons. The number of nitrogens with one attached hydrogen (secondary N) is 1. The van der Waals surface area contributed by atoms with Crippen molar-refractivity contribution in [3.63, 3.8) is 0 Å². The van der Waals surface area contributed by atoms with Gasteiger partial charge >= 0.3 is 0 Å². The number of hydrogen-bond acceptors (Lipinski definition) is 7. The highest BCUT2D eigenvalue weighted by Crippen LogP contribution is 2.19. The maximum Gasteiger partial charge on any atom is 0.215 e. The summed E-state index contributed by atoms with van der Waals surface area (Å²) in [5.74, 6) is 0.697. The number of ketones is 1. The normalized spacial score (nSPS) is 15.2. The van der Waals surface area contributed by atoms with Crippen LogP contribution in [0.4, 0.5) is 17.3 Å². The van der Waals surface area contributed by atoms with E-state index in [0.29, 0.717) is 11.4 Å². The maximum absolute atomic E-state index is 12.7. The van der Waals surface area contributed by atoms with Crippen LogP contribution in [-0.2, 0) is 0 Å². The van der Waals surface area contributed by atoms with E-state index in [4.69, 9.17) is 11.5 Å². The molecule has 1 saturated heterocycles. The highest BCUT2D eigenvalue weighted by atomic mass is 16.1. The summed E-state index contributed by atoms with van der Waals surface area (Å²) in [5.41, 5.74) is 12.5. The van der Waals surface area contributed by atoms with E-state index in [1.807, 2.05) is 12.1 Å². The lowest BCUT2D eigenvalue weighted by molar-refractivity contribution is 0.103. The summed E-state index contributed by atoms with van der Waals surface area (Å²) < 4.78 is 0. The third kappa shape index (κ3) is 3.40. The predicted octanol–water partition coefficient (Wildman–Crippen LogP) is 0.672. The molecule has 7 heteroatoms. The average Bonchev–Trinajstić information content (AvgIpc) is 2.86. The van der Waals surface area contributed by atoms with Crippen LogP contribution < -0.4 is 21.7 Å². The Morgan fingerprint density at radius 2 is 2.09 bits per heavy atom. The van der Waals surface area contributed by atoms with Gasteiger partial charge in [-0.2, -0.15) is 0 Å². The standard InChI is InChI=1S/C16H20N6O/c17-11-9-12(16(18)20-10-11)15(23)13-3-1-4-14(21-13)22-7-2-5-19-6-8-22/h1,3-4,9-10,19H,2,5-8,17H2,(H2,18,20). The topological polar surface area (TPSA) is 110 Å². The van der Waals surface area contributed by atoms with Crippen molar-refractivity contribution in [2.75, 3.05) is 42.5 Å². The number of aromatic nitrogens is 2. The number of carbonyl (C=O) groups excluding carboxylic acids is 1. The zero-order chi connectivity index (χ0) is 16.2. The van der Waals surface area contributed by atoms with Crippen molar-refractivity contribution in [3.8, 4) is 0 Å². The maximum atomic E-state index is 12.7. The number of rotatable bonds is 3. The van der Waals surface area contributed by atoms with Crippen LogP contribution in [0.15, 0.2) is 30.5 Å². The van der Waals surface area contributed by atoms with Crippen LogP contribution >= 0.6 is 0 Å². The second-order valence-corrected chi connectivity index (χ2v) is 5.50. The molecule has 0 aromatic carbocycles. The van der Waals surface area contributed by atoms with E-state index in [1.165, 1.54) is 12.3 Å². The van der Waals surface area contributed by atoms with Crippen molar-refractivity contribution in [2.45, 2.75) is 6.42 Å². The fourth-order valence-corrected chi connectivity index (χ4v) is 2.61. The van der Waals surface area contributed by atoms with E-state index in [2.05, 4.69) is 20.2 Å². The van der Waals surface area contributed by atoms with Gasteiger partial charge in [0.2, 0.25) is 5.78 Å². The van der Waals surface area contributed by atoms with Crippen molar-refractivity contribution in [1.29, 1.82) is 0 Å². The summed E-state index contributed by atoms with van der Waals surface area (Å²) in [6, 6.07) is 6.98. The van der Waals surface area contributed by atoms with Gasteiger partial charge < -0.3 is 21.7 Å². The van der Waals surface area contributed by atoms with E-state index < -0.39 is 0 Å². The van der Waals surface area contributed by atoms with Crippen molar-refractivity contribution < 1.29 is 4.79 Å². The Hall–Kier alpha value is -2.67. The lowest BCUT2D eigenvalue weighted by Crippen LogP contribution is -2.29. The molecule has 0 spiro atoms. The van der Waals surface area contributed by atoms with Crippen LogP contribution in [0.5, 0.6) is 0 Å². The quantitative estimate of drug-likeness (QED) is 0.714. The molecule has 0 unspecified atom stereocenters. The van der Waals surface area contributed by atoms with Crippen LogP contribution in [-0.4, -0.2) is 41.9 Å². The molecule has 1 fully saturated rings. The second kappa shape index (κ2) is 6.62. The zero-order valence-electron chi connectivity index (χ0n) is 12.8. The summed E-state index contributed by atoms with van der Waals surface area (Å²) in [6.45, 7) is 3.69. The number of nitrogens with zero attached hydrogens (tertiary/aromatic N) is 3. The molecule has 1 aliphatic heterocycles. The molecule has 0 aliphatic carbocycles. The number of nitrogens with two attached hydrogens (primary N) is 2. The molecule has 0 saturated carbocycles. The molecule has 23 heavy (non-hydrogen) atoms. The van der Waals surface area contributed by atoms with E-state index in [1.54, 1.807) is 6.07 Å². The molecule has 0 amide bonds.